The molecule has 8 heteroatoms. The third-order valence-corrected chi connectivity index (χ3v) is 4.88. The van der Waals surface area contributed by atoms with Crippen LogP contribution in [0.25, 0.3) is 0 Å². The summed E-state index contributed by atoms with van der Waals surface area (Å²) in [7, 11) is 0. The van der Waals surface area contributed by atoms with E-state index in [1.54, 1.807) is 23.1 Å². The van der Waals surface area contributed by atoms with Gasteiger partial charge in [-0.05, 0) is 24.3 Å². The van der Waals surface area contributed by atoms with Gasteiger partial charge >= 0.3 is 0 Å². The van der Waals surface area contributed by atoms with Crippen LogP contribution in [0.15, 0.2) is 36.7 Å². The molecule has 1 aromatic heterocycles. The van der Waals surface area contributed by atoms with Gasteiger partial charge in [0.15, 0.2) is 5.79 Å². The van der Waals surface area contributed by atoms with Gasteiger partial charge in [-0.3, -0.25) is 4.79 Å². The van der Waals surface area contributed by atoms with E-state index in [-0.39, 0.29) is 5.91 Å². The second kappa shape index (κ2) is 7.19. The molecular weight excluding hydrogens is 356 g/mol. The zero-order valence-corrected chi connectivity index (χ0v) is 14.9. The summed E-state index contributed by atoms with van der Waals surface area (Å²) in [6.07, 6.45) is 2.75. The Bertz CT molecular complexity index is 783. The molecule has 136 valence electrons. The number of hydrogen-bond acceptors (Lipinski definition) is 6. The minimum atomic E-state index is -0.496. The van der Waals surface area contributed by atoms with E-state index in [9.17, 15) is 4.79 Å². The number of carbonyl (C=O) groups excluding carboxylic acids is 1. The van der Waals surface area contributed by atoms with E-state index in [0.717, 1.165) is 5.69 Å². The van der Waals surface area contributed by atoms with Crippen molar-refractivity contribution in [1.29, 1.82) is 0 Å². The molecule has 1 N–H and O–H groups in total. The first kappa shape index (κ1) is 17.2. The number of amides is 1. The Morgan fingerprint density at radius 2 is 1.81 bits per heavy atom. The monoisotopic (exact) mass is 374 g/mol. The van der Waals surface area contributed by atoms with Gasteiger partial charge in [0.05, 0.1) is 13.2 Å². The fourth-order valence-electron chi connectivity index (χ4n) is 3.22. The van der Waals surface area contributed by atoms with Crippen molar-refractivity contribution >= 4 is 29.0 Å². The molecule has 2 aliphatic rings. The Morgan fingerprint density at radius 1 is 1.12 bits per heavy atom. The number of nitrogens with zero attached hydrogens (tertiary/aromatic N) is 3. The molecule has 0 bridgehead atoms. The Morgan fingerprint density at radius 3 is 2.50 bits per heavy atom. The van der Waals surface area contributed by atoms with Gasteiger partial charge in [-0.1, -0.05) is 11.6 Å². The van der Waals surface area contributed by atoms with E-state index in [2.05, 4.69) is 15.3 Å². The van der Waals surface area contributed by atoms with Gasteiger partial charge in [-0.2, -0.15) is 0 Å². The van der Waals surface area contributed by atoms with Crippen molar-refractivity contribution in [3.8, 4) is 0 Å². The first-order valence-corrected chi connectivity index (χ1v) is 8.93. The molecule has 2 fully saturated rings. The largest absolute Gasteiger partial charge is 0.347 e. The van der Waals surface area contributed by atoms with Crippen LogP contribution in [0, 0.1) is 0 Å². The summed E-state index contributed by atoms with van der Waals surface area (Å²) in [5, 5.41) is 3.81. The average molecular weight is 375 g/mol. The third-order valence-electron chi connectivity index (χ3n) is 4.63. The van der Waals surface area contributed by atoms with Crippen LogP contribution < -0.4 is 5.32 Å². The lowest BCUT2D eigenvalue weighted by Gasteiger charge is -2.37. The van der Waals surface area contributed by atoms with Crippen molar-refractivity contribution in [3.63, 3.8) is 0 Å². The molecule has 0 unspecified atom stereocenters. The second-order valence-corrected chi connectivity index (χ2v) is 6.76. The number of nitrogens with one attached hydrogen (secondary N) is 1. The number of rotatable bonds is 3. The molecule has 0 aliphatic carbocycles. The summed E-state index contributed by atoms with van der Waals surface area (Å²) in [6, 6.07) is 8.92. The highest BCUT2D eigenvalue weighted by Crippen LogP contribution is 2.31. The van der Waals surface area contributed by atoms with Crippen molar-refractivity contribution in [2.45, 2.75) is 18.6 Å². The topological polar surface area (TPSA) is 76.6 Å². The molecule has 1 spiro atoms. The fourth-order valence-corrected chi connectivity index (χ4v) is 3.35. The maximum absolute atomic E-state index is 12.8. The summed E-state index contributed by atoms with van der Waals surface area (Å²) >= 11 is 5.89. The van der Waals surface area contributed by atoms with Crippen molar-refractivity contribution in [1.82, 2.24) is 14.9 Å². The third kappa shape index (κ3) is 3.65. The van der Waals surface area contributed by atoms with Crippen LogP contribution in [0.5, 0.6) is 0 Å². The van der Waals surface area contributed by atoms with E-state index >= 15 is 0 Å². The summed E-state index contributed by atoms with van der Waals surface area (Å²) in [5.74, 6) is -0.0509. The zero-order chi connectivity index (χ0) is 18.0. The quantitative estimate of drug-likeness (QED) is 0.890. The normalized spacial score (nSPS) is 18.9. The lowest BCUT2D eigenvalue weighted by atomic mass is 10.0. The lowest BCUT2D eigenvalue weighted by Crippen LogP contribution is -2.47. The van der Waals surface area contributed by atoms with E-state index < -0.39 is 5.79 Å². The predicted molar refractivity (Wildman–Crippen MR) is 96.5 cm³/mol. The van der Waals surface area contributed by atoms with Gasteiger partial charge in [0, 0.05) is 42.7 Å². The fraction of sp³-hybridized carbons (Fsp3) is 0.389. The van der Waals surface area contributed by atoms with Crippen molar-refractivity contribution in [2.75, 3.05) is 31.6 Å². The number of hydrogen-bond donors (Lipinski definition) is 1. The summed E-state index contributed by atoms with van der Waals surface area (Å²) in [4.78, 5) is 22.9. The summed E-state index contributed by atoms with van der Waals surface area (Å²) in [5.41, 5.74) is 1.20. The molecule has 3 heterocycles. The van der Waals surface area contributed by atoms with E-state index in [0.29, 0.717) is 55.7 Å². The highest BCUT2D eigenvalue weighted by molar-refractivity contribution is 6.30. The van der Waals surface area contributed by atoms with Crippen LogP contribution in [0.1, 0.15) is 23.3 Å². The minimum Gasteiger partial charge on any atom is -0.347 e. The van der Waals surface area contributed by atoms with Crippen molar-refractivity contribution in [3.05, 3.63) is 47.4 Å². The smallest absolute Gasteiger partial charge is 0.272 e. The molecule has 0 radical (unpaired) electrons. The molecule has 0 saturated carbocycles. The molecule has 2 aliphatic heterocycles. The molecular formula is C18H19ClN4O3. The highest BCUT2D eigenvalue weighted by atomic mass is 35.5. The van der Waals surface area contributed by atoms with Crippen LogP contribution in [-0.4, -0.2) is 52.9 Å². The summed E-state index contributed by atoms with van der Waals surface area (Å²) < 4.78 is 11.4. The van der Waals surface area contributed by atoms with Crippen LogP contribution in [0.3, 0.4) is 0 Å². The van der Waals surface area contributed by atoms with Gasteiger partial charge < -0.3 is 19.7 Å². The molecule has 0 atom stereocenters. The Hall–Kier alpha value is -2.22. The average Bonchev–Trinajstić information content (AvgIpc) is 3.12. The number of piperidine rings is 1. The Labute approximate surface area is 156 Å². The molecule has 1 aromatic carbocycles. The second-order valence-electron chi connectivity index (χ2n) is 6.32. The van der Waals surface area contributed by atoms with E-state index in [1.807, 2.05) is 12.1 Å². The number of ether oxygens (including phenoxy) is 2. The van der Waals surface area contributed by atoms with Gasteiger partial charge in [0.25, 0.3) is 5.91 Å². The molecule has 4 rings (SSSR count). The minimum absolute atomic E-state index is 0.112. The predicted octanol–water partition coefficient (Wildman–Crippen LogP) is 2.85. The van der Waals surface area contributed by atoms with Gasteiger partial charge in [0.2, 0.25) is 0 Å². The van der Waals surface area contributed by atoms with Crippen LogP contribution in [0.2, 0.25) is 5.02 Å². The lowest BCUT2D eigenvalue weighted by molar-refractivity contribution is -0.181. The standard InChI is InChI=1S/C18H19ClN4O3/c19-13-1-3-14(4-2-13)22-16-11-15(20-12-21-16)17(24)23-7-5-18(6-8-23)25-9-10-26-18/h1-4,11-12H,5-10H2,(H,20,21,22). The van der Waals surface area contributed by atoms with E-state index in [1.165, 1.54) is 6.33 Å². The highest BCUT2D eigenvalue weighted by Gasteiger charge is 2.41. The number of anilines is 2. The number of benzene rings is 1. The number of likely N-dealkylation sites (tertiary alicyclic amines) is 1. The number of aromatic nitrogens is 2. The van der Waals surface area contributed by atoms with Gasteiger partial charge in [-0.25, -0.2) is 9.97 Å². The molecule has 2 aromatic rings. The molecule has 26 heavy (non-hydrogen) atoms. The maximum atomic E-state index is 12.8. The van der Waals surface area contributed by atoms with Crippen LogP contribution in [-0.2, 0) is 9.47 Å². The molecule has 7 nitrogen and oxygen atoms in total. The van der Waals surface area contributed by atoms with Crippen molar-refractivity contribution in [2.24, 2.45) is 0 Å². The SMILES string of the molecule is O=C(c1cc(Nc2ccc(Cl)cc2)ncn1)N1CCC2(CC1)OCCO2. The summed E-state index contributed by atoms with van der Waals surface area (Å²) in [6.45, 7) is 2.42. The zero-order valence-electron chi connectivity index (χ0n) is 14.2. The molecule has 1 amide bonds. The molecule has 2 saturated heterocycles. The van der Waals surface area contributed by atoms with E-state index in [4.69, 9.17) is 21.1 Å². The first-order chi connectivity index (χ1) is 12.6. The maximum Gasteiger partial charge on any atom is 0.272 e. The van der Waals surface area contributed by atoms with Crippen LogP contribution >= 0.6 is 11.6 Å². The van der Waals surface area contributed by atoms with Crippen LogP contribution in [0.4, 0.5) is 11.5 Å². The number of carbonyl (C=O) groups is 1. The Balaban J connectivity index is 1.42. The Kier molecular flexibility index (Phi) is 4.76. The van der Waals surface area contributed by atoms with Crippen molar-refractivity contribution < 1.29 is 14.3 Å². The first-order valence-electron chi connectivity index (χ1n) is 8.55. The van der Waals surface area contributed by atoms with Gasteiger partial charge in [-0.15, -0.1) is 0 Å². The number of halogens is 1. The van der Waals surface area contributed by atoms with Gasteiger partial charge in [0.1, 0.15) is 17.8 Å².